The molecule has 2 N–H and O–H groups in total. The SMILES string of the molecule is CCC(C)c1ccc(OCC(=O)Nc2ccc(C(=O)Nc3nccs3)cc2)cc1. The number of aromatic nitrogens is 1. The van der Waals surface area contributed by atoms with E-state index >= 15 is 0 Å². The average molecular weight is 410 g/mol. The van der Waals surface area contributed by atoms with Crippen LogP contribution in [0.1, 0.15) is 42.1 Å². The van der Waals surface area contributed by atoms with Crippen molar-refractivity contribution < 1.29 is 14.3 Å². The summed E-state index contributed by atoms with van der Waals surface area (Å²) in [5.41, 5.74) is 2.33. The van der Waals surface area contributed by atoms with Crippen molar-refractivity contribution in [1.82, 2.24) is 4.98 Å². The van der Waals surface area contributed by atoms with E-state index in [1.807, 2.05) is 24.3 Å². The number of ether oxygens (including phenoxy) is 1. The molecule has 1 atom stereocenters. The maximum Gasteiger partial charge on any atom is 0.262 e. The van der Waals surface area contributed by atoms with Gasteiger partial charge >= 0.3 is 0 Å². The lowest BCUT2D eigenvalue weighted by Gasteiger charge is -2.11. The standard InChI is InChI=1S/C22H23N3O3S/c1-3-15(2)16-6-10-19(11-7-16)28-14-20(26)24-18-8-4-17(5-9-18)21(27)25-22-23-12-13-29-22/h4-13,15H,3,14H2,1-2H3,(H,24,26)(H,23,25,27). The van der Waals surface area contributed by atoms with E-state index in [1.165, 1.54) is 16.9 Å². The molecule has 0 aliphatic rings. The number of hydrogen-bond donors (Lipinski definition) is 2. The molecule has 1 aromatic heterocycles. The summed E-state index contributed by atoms with van der Waals surface area (Å²) in [5.74, 6) is 0.637. The number of amides is 2. The first-order valence-electron chi connectivity index (χ1n) is 9.38. The van der Waals surface area contributed by atoms with E-state index in [0.717, 1.165) is 6.42 Å². The predicted molar refractivity (Wildman–Crippen MR) is 116 cm³/mol. The van der Waals surface area contributed by atoms with Gasteiger partial charge in [-0.1, -0.05) is 26.0 Å². The van der Waals surface area contributed by atoms with E-state index in [-0.39, 0.29) is 18.4 Å². The number of carbonyl (C=O) groups excluding carboxylic acids is 2. The summed E-state index contributed by atoms with van der Waals surface area (Å²) < 4.78 is 5.55. The van der Waals surface area contributed by atoms with Crippen LogP contribution in [0, 0.1) is 0 Å². The van der Waals surface area contributed by atoms with Gasteiger partial charge in [0, 0.05) is 22.8 Å². The van der Waals surface area contributed by atoms with Crippen molar-refractivity contribution in [3.05, 3.63) is 71.2 Å². The summed E-state index contributed by atoms with van der Waals surface area (Å²) in [6.07, 6.45) is 2.70. The van der Waals surface area contributed by atoms with Crippen LogP contribution in [0.3, 0.4) is 0 Å². The number of anilines is 2. The van der Waals surface area contributed by atoms with Crippen LogP contribution in [0.5, 0.6) is 5.75 Å². The highest BCUT2D eigenvalue weighted by atomic mass is 32.1. The molecule has 0 saturated heterocycles. The molecule has 0 fully saturated rings. The second kappa shape index (κ2) is 9.84. The van der Waals surface area contributed by atoms with Gasteiger partial charge in [-0.05, 0) is 54.3 Å². The summed E-state index contributed by atoms with van der Waals surface area (Å²) in [5, 5.41) is 7.80. The molecule has 2 aromatic carbocycles. The summed E-state index contributed by atoms with van der Waals surface area (Å²) in [6.45, 7) is 4.24. The fraction of sp³-hybridized carbons (Fsp3) is 0.227. The quantitative estimate of drug-likeness (QED) is 0.553. The summed E-state index contributed by atoms with van der Waals surface area (Å²) in [7, 11) is 0. The normalized spacial score (nSPS) is 11.5. The first-order chi connectivity index (χ1) is 14.0. The number of carbonyl (C=O) groups is 2. The summed E-state index contributed by atoms with van der Waals surface area (Å²) >= 11 is 1.35. The van der Waals surface area contributed by atoms with Crippen LogP contribution >= 0.6 is 11.3 Å². The molecule has 0 aliphatic carbocycles. The fourth-order valence-electron chi connectivity index (χ4n) is 2.63. The average Bonchev–Trinajstić information content (AvgIpc) is 3.25. The molecule has 6 nitrogen and oxygen atoms in total. The van der Waals surface area contributed by atoms with Crippen molar-refractivity contribution in [3.63, 3.8) is 0 Å². The van der Waals surface area contributed by atoms with Crippen molar-refractivity contribution >= 4 is 34.0 Å². The third-order valence-electron chi connectivity index (χ3n) is 4.52. The first-order valence-corrected chi connectivity index (χ1v) is 10.3. The van der Waals surface area contributed by atoms with Crippen LogP contribution in [0.25, 0.3) is 0 Å². The van der Waals surface area contributed by atoms with E-state index < -0.39 is 0 Å². The molecule has 1 heterocycles. The molecule has 0 bridgehead atoms. The predicted octanol–water partition coefficient (Wildman–Crippen LogP) is 4.93. The Kier molecular flexibility index (Phi) is 6.97. The largest absolute Gasteiger partial charge is 0.484 e. The monoisotopic (exact) mass is 409 g/mol. The lowest BCUT2D eigenvalue weighted by molar-refractivity contribution is -0.118. The van der Waals surface area contributed by atoms with Gasteiger partial charge in [0.2, 0.25) is 0 Å². The van der Waals surface area contributed by atoms with Gasteiger partial charge in [0.25, 0.3) is 11.8 Å². The van der Waals surface area contributed by atoms with Crippen molar-refractivity contribution in [2.75, 3.05) is 17.2 Å². The zero-order valence-electron chi connectivity index (χ0n) is 16.3. The van der Waals surface area contributed by atoms with Crippen LogP contribution < -0.4 is 15.4 Å². The molecule has 0 spiro atoms. The lowest BCUT2D eigenvalue weighted by Crippen LogP contribution is -2.20. The highest BCUT2D eigenvalue weighted by Crippen LogP contribution is 2.21. The fourth-order valence-corrected chi connectivity index (χ4v) is 3.16. The Morgan fingerprint density at radius 1 is 1.07 bits per heavy atom. The maximum atomic E-state index is 12.1. The third-order valence-corrected chi connectivity index (χ3v) is 5.20. The topological polar surface area (TPSA) is 80.3 Å². The molecular formula is C22H23N3O3S. The number of benzene rings is 2. The molecule has 150 valence electrons. The molecule has 7 heteroatoms. The molecule has 3 rings (SSSR count). The van der Waals surface area contributed by atoms with E-state index in [0.29, 0.717) is 28.0 Å². The van der Waals surface area contributed by atoms with Crippen LogP contribution in [0.15, 0.2) is 60.1 Å². The van der Waals surface area contributed by atoms with Gasteiger partial charge in [-0.2, -0.15) is 0 Å². The van der Waals surface area contributed by atoms with Gasteiger partial charge in [0.1, 0.15) is 5.75 Å². The molecule has 1 unspecified atom stereocenters. The molecule has 0 aliphatic heterocycles. The Hall–Kier alpha value is -3.19. The van der Waals surface area contributed by atoms with Crippen molar-refractivity contribution in [3.8, 4) is 5.75 Å². The van der Waals surface area contributed by atoms with Gasteiger partial charge in [-0.15, -0.1) is 11.3 Å². The zero-order chi connectivity index (χ0) is 20.6. The van der Waals surface area contributed by atoms with E-state index in [9.17, 15) is 9.59 Å². The molecule has 0 saturated carbocycles. The Bertz CT molecular complexity index is 938. The minimum absolute atomic E-state index is 0.0883. The Morgan fingerprint density at radius 3 is 2.41 bits per heavy atom. The second-order valence-corrected chi connectivity index (χ2v) is 7.48. The number of hydrogen-bond acceptors (Lipinski definition) is 5. The maximum absolute atomic E-state index is 12.1. The highest BCUT2D eigenvalue weighted by Gasteiger charge is 2.09. The number of nitrogens with one attached hydrogen (secondary N) is 2. The van der Waals surface area contributed by atoms with Crippen molar-refractivity contribution in [2.45, 2.75) is 26.2 Å². The third kappa shape index (κ3) is 5.89. The molecule has 3 aromatic rings. The van der Waals surface area contributed by atoms with Gasteiger partial charge in [0.05, 0.1) is 0 Å². The molecule has 29 heavy (non-hydrogen) atoms. The van der Waals surface area contributed by atoms with E-state index in [4.69, 9.17) is 4.74 Å². The van der Waals surface area contributed by atoms with Gasteiger partial charge in [-0.3, -0.25) is 14.9 Å². The van der Waals surface area contributed by atoms with Gasteiger partial charge in [0.15, 0.2) is 11.7 Å². The smallest absolute Gasteiger partial charge is 0.262 e. The van der Waals surface area contributed by atoms with E-state index in [2.05, 4.69) is 29.5 Å². The van der Waals surface area contributed by atoms with Crippen LogP contribution in [-0.2, 0) is 4.79 Å². The Morgan fingerprint density at radius 2 is 1.79 bits per heavy atom. The van der Waals surface area contributed by atoms with Crippen LogP contribution in [-0.4, -0.2) is 23.4 Å². The van der Waals surface area contributed by atoms with Crippen LogP contribution in [0.2, 0.25) is 0 Å². The zero-order valence-corrected chi connectivity index (χ0v) is 17.2. The molecule has 0 radical (unpaired) electrons. The number of rotatable bonds is 8. The Labute approximate surface area is 173 Å². The number of thiazole rings is 1. The molecular weight excluding hydrogens is 386 g/mol. The second-order valence-electron chi connectivity index (χ2n) is 6.58. The van der Waals surface area contributed by atoms with Gasteiger partial charge < -0.3 is 10.1 Å². The lowest BCUT2D eigenvalue weighted by atomic mass is 9.99. The minimum Gasteiger partial charge on any atom is -0.484 e. The highest BCUT2D eigenvalue weighted by molar-refractivity contribution is 7.13. The van der Waals surface area contributed by atoms with Crippen LogP contribution in [0.4, 0.5) is 10.8 Å². The molecule has 2 amide bonds. The van der Waals surface area contributed by atoms with Crippen molar-refractivity contribution in [2.24, 2.45) is 0 Å². The van der Waals surface area contributed by atoms with Crippen molar-refractivity contribution in [1.29, 1.82) is 0 Å². The number of nitrogens with zero attached hydrogens (tertiary/aromatic N) is 1. The Balaban J connectivity index is 1.48. The van der Waals surface area contributed by atoms with E-state index in [1.54, 1.807) is 35.8 Å². The van der Waals surface area contributed by atoms with Gasteiger partial charge in [-0.25, -0.2) is 4.98 Å². The summed E-state index contributed by atoms with van der Waals surface area (Å²) in [6, 6.07) is 14.5. The first kappa shape index (κ1) is 20.5. The minimum atomic E-state index is -0.268. The summed E-state index contributed by atoms with van der Waals surface area (Å²) in [4.78, 5) is 28.3.